The third-order valence-corrected chi connectivity index (χ3v) is 1.32. The molecule has 0 aromatic heterocycles. The van der Waals surface area contributed by atoms with Gasteiger partial charge in [-0.05, 0) is 12.8 Å². The van der Waals surface area contributed by atoms with Crippen molar-refractivity contribution in [3.8, 4) is 0 Å². The minimum absolute atomic E-state index is 0.0278. The third kappa shape index (κ3) is 21.1. The van der Waals surface area contributed by atoms with Crippen molar-refractivity contribution in [1.82, 2.24) is 0 Å². The van der Waals surface area contributed by atoms with E-state index >= 15 is 0 Å². The van der Waals surface area contributed by atoms with Gasteiger partial charge in [0.1, 0.15) is 0 Å². The average molecular weight is 252 g/mol. The van der Waals surface area contributed by atoms with Gasteiger partial charge in [0.05, 0.1) is 39.6 Å². The van der Waals surface area contributed by atoms with Crippen LogP contribution in [0.3, 0.4) is 0 Å². The number of aliphatic hydroxyl groups is 2. The number of carbonyl (C=O) groups is 1. The first-order valence-electron chi connectivity index (χ1n) is 5.81. The molecule has 0 aliphatic carbocycles. The molecule has 0 rings (SSSR count). The number of ether oxygens (including phenoxy) is 3. The van der Waals surface area contributed by atoms with Gasteiger partial charge in [-0.25, -0.2) is 4.79 Å². The van der Waals surface area contributed by atoms with Gasteiger partial charge in [0.25, 0.3) is 0 Å². The monoisotopic (exact) mass is 252 g/mol. The first-order valence-corrected chi connectivity index (χ1v) is 5.81. The highest BCUT2D eigenvalue weighted by Gasteiger charge is 1.99. The lowest BCUT2D eigenvalue weighted by molar-refractivity contribution is 0.0555. The molecule has 0 heterocycles. The molecule has 0 bridgehead atoms. The molecule has 0 atom stereocenters. The maximum atomic E-state index is 10.5. The Bertz CT molecular complexity index is 137. The summed E-state index contributed by atoms with van der Waals surface area (Å²) >= 11 is 0. The quantitative estimate of drug-likeness (QED) is 0.494. The first-order chi connectivity index (χ1) is 8.22. The van der Waals surface area contributed by atoms with Crippen LogP contribution >= 0.6 is 0 Å². The summed E-state index contributed by atoms with van der Waals surface area (Å²) in [5.41, 5.74) is 0. The topological polar surface area (TPSA) is 85.2 Å². The molecule has 0 spiro atoms. The second-order valence-corrected chi connectivity index (χ2v) is 3.01. The summed E-state index contributed by atoms with van der Waals surface area (Å²) in [6.07, 6.45) is 1.12. The smallest absolute Gasteiger partial charge is 0.434 e. The fraction of sp³-hybridized carbons (Fsp3) is 0.909. The zero-order valence-corrected chi connectivity index (χ0v) is 10.7. The van der Waals surface area contributed by atoms with Gasteiger partial charge in [-0.2, -0.15) is 0 Å². The Morgan fingerprint density at radius 1 is 0.882 bits per heavy atom. The molecule has 104 valence electrons. The Morgan fingerprint density at radius 2 is 1.29 bits per heavy atom. The third-order valence-electron chi connectivity index (χ3n) is 1.32. The molecule has 0 saturated heterocycles. The molecule has 2 N–H and O–H groups in total. The van der Waals surface area contributed by atoms with E-state index in [1.807, 2.05) is 13.8 Å². The van der Waals surface area contributed by atoms with E-state index in [2.05, 4.69) is 14.2 Å². The van der Waals surface area contributed by atoms with Crippen LogP contribution in [0.1, 0.15) is 26.7 Å². The molecule has 0 aliphatic rings. The fourth-order valence-electron chi connectivity index (χ4n) is 0.644. The van der Waals surface area contributed by atoms with Crippen LogP contribution in [0.2, 0.25) is 0 Å². The fourth-order valence-corrected chi connectivity index (χ4v) is 0.644. The van der Waals surface area contributed by atoms with Crippen LogP contribution < -0.4 is 0 Å². The Balaban J connectivity index is 0. The molecular formula is C11H24O6. The van der Waals surface area contributed by atoms with Crippen LogP contribution in [0.15, 0.2) is 0 Å². The summed E-state index contributed by atoms with van der Waals surface area (Å²) in [6.45, 7) is 5.46. The second-order valence-electron chi connectivity index (χ2n) is 3.01. The maximum absolute atomic E-state index is 10.5. The van der Waals surface area contributed by atoms with Crippen molar-refractivity contribution in [1.29, 1.82) is 0 Å². The molecule has 0 aromatic rings. The SMILES string of the molecule is CCCOC(=O)OCCC.OCCOCCO. The minimum Gasteiger partial charge on any atom is -0.434 e. The van der Waals surface area contributed by atoms with E-state index in [0.717, 1.165) is 12.8 Å². The average Bonchev–Trinajstić information content (AvgIpc) is 2.35. The predicted molar refractivity (Wildman–Crippen MR) is 62.9 cm³/mol. The van der Waals surface area contributed by atoms with Crippen molar-refractivity contribution in [2.24, 2.45) is 0 Å². The van der Waals surface area contributed by atoms with E-state index in [1.165, 1.54) is 0 Å². The van der Waals surface area contributed by atoms with Crippen LogP contribution in [0.4, 0.5) is 4.79 Å². The van der Waals surface area contributed by atoms with E-state index < -0.39 is 6.16 Å². The highest BCUT2D eigenvalue weighted by Crippen LogP contribution is 1.88. The maximum Gasteiger partial charge on any atom is 0.508 e. The van der Waals surface area contributed by atoms with Gasteiger partial charge < -0.3 is 24.4 Å². The first kappa shape index (κ1) is 18.5. The van der Waals surface area contributed by atoms with Gasteiger partial charge in [-0.15, -0.1) is 0 Å². The zero-order valence-electron chi connectivity index (χ0n) is 10.7. The molecule has 0 aliphatic heterocycles. The summed E-state index contributed by atoms with van der Waals surface area (Å²) in [6, 6.07) is 0. The Kier molecular flexibility index (Phi) is 19.1. The number of carbonyl (C=O) groups excluding carboxylic acids is 1. The summed E-state index contributed by atoms with van der Waals surface area (Å²) in [4.78, 5) is 10.5. The molecule has 0 unspecified atom stereocenters. The lowest BCUT2D eigenvalue weighted by Crippen LogP contribution is -2.08. The van der Waals surface area contributed by atoms with Gasteiger partial charge in [-0.1, -0.05) is 13.8 Å². The Labute approximate surface area is 102 Å². The highest BCUT2D eigenvalue weighted by atomic mass is 16.7. The van der Waals surface area contributed by atoms with Crippen LogP contribution in [0.25, 0.3) is 0 Å². The normalized spacial score (nSPS) is 9.18. The van der Waals surface area contributed by atoms with E-state index in [0.29, 0.717) is 26.4 Å². The van der Waals surface area contributed by atoms with Gasteiger partial charge in [-0.3, -0.25) is 0 Å². The van der Waals surface area contributed by atoms with Gasteiger partial charge in [0, 0.05) is 0 Å². The largest absolute Gasteiger partial charge is 0.508 e. The molecule has 0 radical (unpaired) electrons. The summed E-state index contributed by atoms with van der Waals surface area (Å²) < 4.78 is 13.9. The van der Waals surface area contributed by atoms with Crippen molar-refractivity contribution >= 4 is 6.16 Å². The standard InChI is InChI=1S/C7H14O3.C4H10O3/c1-3-5-9-7(8)10-6-4-2;5-1-3-7-4-2-6/h3-6H2,1-2H3;5-6H,1-4H2. The summed E-state index contributed by atoms with van der Waals surface area (Å²) in [5, 5.41) is 16.2. The number of rotatable bonds is 8. The summed E-state index contributed by atoms with van der Waals surface area (Å²) in [5.74, 6) is 0. The number of aliphatic hydroxyl groups excluding tert-OH is 2. The predicted octanol–water partition coefficient (Wildman–Crippen LogP) is 0.947. The van der Waals surface area contributed by atoms with Crippen molar-refractivity contribution in [3.05, 3.63) is 0 Å². The van der Waals surface area contributed by atoms with E-state index in [-0.39, 0.29) is 13.2 Å². The van der Waals surface area contributed by atoms with Gasteiger partial charge in [0.15, 0.2) is 0 Å². The van der Waals surface area contributed by atoms with Crippen LogP contribution in [-0.4, -0.2) is 56.0 Å². The minimum atomic E-state index is -0.552. The van der Waals surface area contributed by atoms with Crippen LogP contribution in [0.5, 0.6) is 0 Å². The molecule has 0 saturated carbocycles. The van der Waals surface area contributed by atoms with Crippen molar-refractivity contribution in [2.45, 2.75) is 26.7 Å². The lowest BCUT2D eigenvalue weighted by Gasteiger charge is -2.02. The molecular weight excluding hydrogens is 228 g/mol. The molecule has 0 fully saturated rings. The molecule has 17 heavy (non-hydrogen) atoms. The van der Waals surface area contributed by atoms with Gasteiger partial charge in [0.2, 0.25) is 0 Å². The van der Waals surface area contributed by atoms with E-state index in [9.17, 15) is 4.79 Å². The van der Waals surface area contributed by atoms with Crippen molar-refractivity contribution < 1.29 is 29.2 Å². The number of hydrogen-bond donors (Lipinski definition) is 2. The second kappa shape index (κ2) is 17.5. The number of hydrogen-bond acceptors (Lipinski definition) is 6. The molecule has 6 heteroatoms. The molecule has 6 nitrogen and oxygen atoms in total. The Morgan fingerprint density at radius 3 is 1.59 bits per heavy atom. The highest BCUT2D eigenvalue weighted by molar-refractivity contribution is 5.59. The zero-order chi connectivity index (χ0) is 13.4. The van der Waals surface area contributed by atoms with Crippen LogP contribution in [-0.2, 0) is 14.2 Å². The van der Waals surface area contributed by atoms with Crippen molar-refractivity contribution in [3.63, 3.8) is 0 Å². The van der Waals surface area contributed by atoms with Crippen LogP contribution in [0, 0.1) is 0 Å². The van der Waals surface area contributed by atoms with E-state index in [4.69, 9.17) is 10.2 Å². The Hall–Kier alpha value is -0.850. The molecule has 0 aromatic carbocycles. The lowest BCUT2D eigenvalue weighted by atomic mass is 10.5. The van der Waals surface area contributed by atoms with Gasteiger partial charge >= 0.3 is 6.16 Å². The van der Waals surface area contributed by atoms with E-state index in [1.54, 1.807) is 0 Å². The van der Waals surface area contributed by atoms with Crippen molar-refractivity contribution in [2.75, 3.05) is 39.6 Å². The molecule has 0 amide bonds. The summed E-state index contributed by atoms with van der Waals surface area (Å²) in [7, 11) is 0.